The standard InChI is InChI=1S/C14H20N4O2/c19-18(20)17-11-13(12-4-2-1-3-5-12)10-14(17)16-8-6-15-7-9-16/h1-5,13-15H,6-11H2. The molecule has 2 heterocycles. The van der Waals surface area contributed by atoms with Crippen LogP contribution in [0.25, 0.3) is 0 Å². The largest absolute Gasteiger partial charge is 0.314 e. The van der Waals surface area contributed by atoms with Gasteiger partial charge in [0, 0.05) is 32.1 Å². The van der Waals surface area contributed by atoms with Crippen LogP contribution in [0.5, 0.6) is 0 Å². The summed E-state index contributed by atoms with van der Waals surface area (Å²) < 4.78 is 0. The molecule has 0 saturated carbocycles. The first-order chi connectivity index (χ1) is 9.75. The van der Waals surface area contributed by atoms with E-state index >= 15 is 0 Å². The first-order valence-corrected chi connectivity index (χ1v) is 7.16. The number of nitrogens with one attached hydrogen (secondary N) is 1. The topological polar surface area (TPSA) is 61.7 Å². The van der Waals surface area contributed by atoms with E-state index in [4.69, 9.17) is 0 Å². The molecule has 0 spiro atoms. The zero-order chi connectivity index (χ0) is 13.9. The van der Waals surface area contributed by atoms with Crippen molar-refractivity contribution in [1.82, 2.24) is 15.2 Å². The van der Waals surface area contributed by atoms with Gasteiger partial charge in [0.25, 0.3) is 0 Å². The molecule has 20 heavy (non-hydrogen) atoms. The van der Waals surface area contributed by atoms with Crippen LogP contribution in [0.1, 0.15) is 17.9 Å². The molecule has 1 aromatic rings. The molecule has 2 aliphatic heterocycles. The van der Waals surface area contributed by atoms with E-state index in [1.165, 1.54) is 10.6 Å². The molecule has 108 valence electrons. The molecule has 0 radical (unpaired) electrons. The fourth-order valence-electron chi connectivity index (χ4n) is 3.26. The third-order valence-electron chi connectivity index (χ3n) is 4.30. The summed E-state index contributed by atoms with van der Waals surface area (Å²) in [7, 11) is 0. The predicted octanol–water partition coefficient (Wildman–Crippen LogP) is 0.899. The summed E-state index contributed by atoms with van der Waals surface area (Å²) in [6.07, 6.45) is 0.766. The van der Waals surface area contributed by atoms with E-state index in [9.17, 15) is 10.1 Å². The SMILES string of the molecule is O=[N+]([O-])N1CC(c2ccccc2)CC1N1CCNCC1. The Labute approximate surface area is 118 Å². The minimum absolute atomic E-state index is 0.0719. The van der Waals surface area contributed by atoms with Gasteiger partial charge in [-0.05, 0) is 12.0 Å². The monoisotopic (exact) mass is 276 g/mol. The summed E-state index contributed by atoms with van der Waals surface area (Å²) in [6, 6.07) is 10.1. The molecule has 2 aliphatic rings. The van der Waals surface area contributed by atoms with E-state index in [-0.39, 0.29) is 17.1 Å². The summed E-state index contributed by atoms with van der Waals surface area (Å²) in [5.41, 5.74) is 1.21. The molecule has 6 heteroatoms. The molecule has 2 fully saturated rings. The van der Waals surface area contributed by atoms with Crippen molar-refractivity contribution in [1.29, 1.82) is 0 Å². The van der Waals surface area contributed by atoms with Crippen molar-refractivity contribution < 1.29 is 5.03 Å². The lowest BCUT2D eigenvalue weighted by Gasteiger charge is -2.33. The van der Waals surface area contributed by atoms with E-state index in [0.717, 1.165) is 32.6 Å². The van der Waals surface area contributed by atoms with Crippen molar-refractivity contribution in [2.45, 2.75) is 18.5 Å². The van der Waals surface area contributed by atoms with Gasteiger partial charge in [-0.15, -0.1) is 5.01 Å². The van der Waals surface area contributed by atoms with E-state index in [0.29, 0.717) is 6.54 Å². The molecule has 0 aliphatic carbocycles. The fraction of sp³-hybridized carbons (Fsp3) is 0.571. The van der Waals surface area contributed by atoms with E-state index < -0.39 is 0 Å². The van der Waals surface area contributed by atoms with Crippen LogP contribution in [0.2, 0.25) is 0 Å². The first kappa shape index (κ1) is 13.3. The van der Waals surface area contributed by atoms with Gasteiger partial charge in [0.2, 0.25) is 0 Å². The third-order valence-corrected chi connectivity index (χ3v) is 4.30. The molecule has 1 N–H and O–H groups in total. The number of hydrazine groups is 1. The number of nitro groups is 1. The highest BCUT2D eigenvalue weighted by Gasteiger charge is 2.42. The second kappa shape index (κ2) is 5.76. The van der Waals surface area contributed by atoms with Crippen LogP contribution in [-0.4, -0.2) is 53.8 Å². The number of piperazine rings is 1. The molecule has 0 bridgehead atoms. The minimum Gasteiger partial charge on any atom is -0.314 e. The van der Waals surface area contributed by atoms with Crippen LogP contribution in [0.3, 0.4) is 0 Å². The average Bonchev–Trinajstić information content (AvgIpc) is 2.94. The van der Waals surface area contributed by atoms with Crippen LogP contribution < -0.4 is 5.32 Å². The zero-order valence-electron chi connectivity index (χ0n) is 11.4. The third kappa shape index (κ3) is 2.62. The maximum absolute atomic E-state index is 11.3. The highest BCUT2D eigenvalue weighted by molar-refractivity contribution is 5.21. The maximum atomic E-state index is 11.3. The molecular formula is C14H20N4O2. The second-order valence-corrected chi connectivity index (χ2v) is 5.47. The smallest absolute Gasteiger partial charge is 0.161 e. The van der Waals surface area contributed by atoms with E-state index in [2.05, 4.69) is 22.3 Å². The van der Waals surface area contributed by atoms with Gasteiger partial charge in [-0.2, -0.15) is 0 Å². The summed E-state index contributed by atoms with van der Waals surface area (Å²) in [5, 5.41) is 15.8. The molecule has 3 rings (SSSR count). The minimum atomic E-state index is -0.227. The molecule has 2 unspecified atom stereocenters. The molecule has 0 aromatic heterocycles. The Morgan fingerprint density at radius 3 is 2.55 bits per heavy atom. The van der Waals surface area contributed by atoms with Gasteiger partial charge >= 0.3 is 0 Å². The quantitative estimate of drug-likeness (QED) is 0.656. The Bertz CT molecular complexity index is 462. The lowest BCUT2D eigenvalue weighted by molar-refractivity contribution is -0.665. The summed E-state index contributed by atoms with van der Waals surface area (Å²) in [6.45, 7) is 4.11. The molecule has 1 aromatic carbocycles. The van der Waals surface area contributed by atoms with Gasteiger partial charge in [-0.25, -0.2) is 10.1 Å². The van der Waals surface area contributed by atoms with Crippen molar-refractivity contribution in [2.75, 3.05) is 32.7 Å². The van der Waals surface area contributed by atoms with E-state index in [1.807, 2.05) is 18.2 Å². The second-order valence-electron chi connectivity index (χ2n) is 5.47. The number of rotatable bonds is 3. The fourth-order valence-corrected chi connectivity index (χ4v) is 3.26. The highest BCUT2D eigenvalue weighted by atomic mass is 16.7. The average molecular weight is 276 g/mol. The van der Waals surface area contributed by atoms with Crippen LogP contribution in [0, 0.1) is 10.1 Å². The van der Waals surface area contributed by atoms with Gasteiger partial charge in [0.1, 0.15) is 6.17 Å². The summed E-state index contributed by atoms with van der Waals surface area (Å²) in [4.78, 5) is 13.6. The lowest BCUT2D eigenvalue weighted by Crippen LogP contribution is -2.54. The van der Waals surface area contributed by atoms with E-state index in [1.54, 1.807) is 0 Å². The van der Waals surface area contributed by atoms with Crippen molar-refractivity contribution in [3.8, 4) is 0 Å². The normalized spacial score (nSPS) is 27.7. The van der Waals surface area contributed by atoms with Gasteiger partial charge in [-0.3, -0.25) is 4.90 Å². The van der Waals surface area contributed by atoms with Crippen LogP contribution in [0.15, 0.2) is 30.3 Å². The molecule has 0 amide bonds. The number of hydrogen-bond acceptors (Lipinski definition) is 4. The maximum Gasteiger partial charge on any atom is 0.161 e. The summed E-state index contributed by atoms with van der Waals surface area (Å²) >= 11 is 0. The summed E-state index contributed by atoms with van der Waals surface area (Å²) in [5.74, 6) is 0.251. The van der Waals surface area contributed by atoms with Crippen LogP contribution >= 0.6 is 0 Å². The van der Waals surface area contributed by atoms with Crippen LogP contribution in [0.4, 0.5) is 0 Å². The molecule has 6 nitrogen and oxygen atoms in total. The lowest BCUT2D eigenvalue weighted by atomic mass is 9.97. The zero-order valence-corrected chi connectivity index (χ0v) is 11.4. The first-order valence-electron chi connectivity index (χ1n) is 7.16. The number of hydrogen-bond donors (Lipinski definition) is 1. The predicted molar refractivity (Wildman–Crippen MR) is 75.7 cm³/mol. The highest BCUT2D eigenvalue weighted by Crippen LogP contribution is 2.33. The Morgan fingerprint density at radius 2 is 1.90 bits per heavy atom. The Hall–Kier alpha value is -1.66. The van der Waals surface area contributed by atoms with Crippen LogP contribution in [-0.2, 0) is 0 Å². The van der Waals surface area contributed by atoms with Gasteiger partial charge in [0.05, 0.1) is 6.54 Å². The van der Waals surface area contributed by atoms with Crippen molar-refractivity contribution in [3.05, 3.63) is 46.0 Å². The van der Waals surface area contributed by atoms with Gasteiger partial charge in [0.15, 0.2) is 5.03 Å². The van der Waals surface area contributed by atoms with Gasteiger partial charge < -0.3 is 5.32 Å². The van der Waals surface area contributed by atoms with Gasteiger partial charge in [-0.1, -0.05) is 30.3 Å². The molecule has 2 saturated heterocycles. The molecule has 2 atom stereocenters. The number of benzene rings is 1. The molecular weight excluding hydrogens is 256 g/mol. The Morgan fingerprint density at radius 1 is 1.20 bits per heavy atom. The van der Waals surface area contributed by atoms with Crippen molar-refractivity contribution >= 4 is 0 Å². The van der Waals surface area contributed by atoms with Crippen molar-refractivity contribution in [2.24, 2.45) is 0 Å². The Kier molecular flexibility index (Phi) is 3.84. The number of nitrogens with zero attached hydrogens (tertiary/aromatic N) is 3. The Balaban J connectivity index is 1.77. The van der Waals surface area contributed by atoms with Crippen molar-refractivity contribution in [3.63, 3.8) is 0 Å².